The van der Waals surface area contributed by atoms with Crippen LogP contribution < -0.4 is 10.4 Å². The Kier molecular flexibility index (Phi) is 7.21. The van der Waals surface area contributed by atoms with Gasteiger partial charge in [-0.05, 0) is 72.1 Å². The van der Waals surface area contributed by atoms with Gasteiger partial charge in [0.1, 0.15) is 11.4 Å². The van der Waals surface area contributed by atoms with Crippen molar-refractivity contribution < 1.29 is 17.6 Å². The summed E-state index contributed by atoms with van der Waals surface area (Å²) >= 11 is 0. The van der Waals surface area contributed by atoms with Crippen LogP contribution in [0.25, 0.3) is 11.4 Å². The fraction of sp³-hybridized carbons (Fsp3) is 0.412. The number of rotatable bonds is 7. The minimum absolute atomic E-state index is 0.0784. The lowest BCUT2D eigenvalue weighted by atomic mass is 10.1. The summed E-state index contributed by atoms with van der Waals surface area (Å²) in [5, 5.41) is 7.24. The molecule has 2 aliphatic carbocycles. The first kappa shape index (κ1) is 28.9. The summed E-state index contributed by atoms with van der Waals surface area (Å²) in [6.45, 7) is 11.0. The fourth-order valence-electron chi connectivity index (χ4n) is 7.20. The second-order valence-electron chi connectivity index (χ2n) is 13.1. The third-order valence-electron chi connectivity index (χ3n) is 9.06. The van der Waals surface area contributed by atoms with E-state index in [1.807, 2.05) is 10.7 Å². The smallest absolute Gasteiger partial charge is 0.404 e. The molecule has 0 N–H and O–H groups in total. The van der Waals surface area contributed by atoms with Gasteiger partial charge in [0.15, 0.2) is 0 Å². The molecule has 4 aromatic rings. The van der Waals surface area contributed by atoms with E-state index in [0.717, 1.165) is 24.6 Å². The number of fused-ring (bicyclic) bond motifs is 1. The van der Waals surface area contributed by atoms with E-state index in [2.05, 4.69) is 100 Å². The van der Waals surface area contributed by atoms with Gasteiger partial charge in [0, 0.05) is 23.8 Å². The van der Waals surface area contributed by atoms with Crippen molar-refractivity contribution in [3.63, 3.8) is 0 Å². The number of nitrogens with zero attached hydrogens (tertiary/aromatic N) is 3. The van der Waals surface area contributed by atoms with Gasteiger partial charge in [-0.3, -0.25) is 4.68 Å². The zero-order valence-corrected chi connectivity index (χ0v) is 25.8. The van der Waals surface area contributed by atoms with E-state index in [-0.39, 0.29) is 22.9 Å². The van der Waals surface area contributed by atoms with Gasteiger partial charge >= 0.3 is 6.18 Å². The summed E-state index contributed by atoms with van der Waals surface area (Å²) in [4.78, 5) is 3.90. The van der Waals surface area contributed by atoms with E-state index in [1.54, 1.807) is 6.07 Å². The van der Waals surface area contributed by atoms with E-state index < -0.39 is 20.2 Å². The van der Waals surface area contributed by atoms with E-state index >= 15 is 0 Å². The molecule has 0 bridgehead atoms. The lowest BCUT2D eigenvalue weighted by molar-refractivity contribution is -0.141. The molecule has 0 aliphatic heterocycles. The number of hydrogen-bond donors (Lipinski definition) is 0. The molecular weight excluding hydrogens is 551 g/mol. The summed E-state index contributed by atoms with van der Waals surface area (Å²) in [6.07, 6.45) is -2.39. The average Bonchev–Trinajstić information content (AvgIpc) is 3.27. The first-order valence-electron chi connectivity index (χ1n) is 14.8. The zero-order chi connectivity index (χ0) is 29.9. The molecule has 220 valence electrons. The first-order chi connectivity index (χ1) is 19.9. The highest BCUT2D eigenvalue weighted by molar-refractivity contribution is 6.99. The van der Waals surface area contributed by atoms with Crippen LogP contribution in [-0.2, 0) is 10.6 Å². The molecule has 2 aliphatic rings. The van der Waals surface area contributed by atoms with Crippen molar-refractivity contribution >= 4 is 18.7 Å². The molecule has 0 saturated heterocycles. The van der Waals surface area contributed by atoms with Crippen molar-refractivity contribution in [3.05, 3.63) is 96.3 Å². The quantitative estimate of drug-likeness (QED) is 0.208. The highest BCUT2D eigenvalue weighted by atomic mass is 28.4. The van der Waals surface area contributed by atoms with E-state index in [4.69, 9.17) is 9.52 Å². The van der Waals surface area contributed by atoms with Gasteiger partial charge in [-0.1, -0.05) is 87.5 Å². The minimum Gasteiger partial charge on any atom is -0.404 e. The van der Waals surface area contributed by atoms with E-state index in [0.29, 0.717) is 23.4 Å². The Labute approximate surface area is 247 Å². The van der Waals surface area contributed by atoms with Gasteiger partial charge in [-0.15, -0.1) is 0 Å². The van der Waals surface area contributed by atoms with Crippen LogP contribution in [0.4, 0.5) is 13.2 Å². The molecule has 0 amide bonds. The Morgan fingerprint density at radius 3 is 1.88 bits per heavy atom. The maximum Gasteiger partial charge on any atom is 0.433 e. The maximum absolute atomic E-state index is 13.3. The standard InChI is InChI=1S/C34H38F3N3OSi/c1-22(2)40-30(21-29(39-40)28-17-12-18-31(38-28)34(35,36)37)32-26-19-23(20-27(26)32)41-42(33(3,4)5,24-13-8-6-9-14-24)25-15-10-7-11-16-25/h6-18,21-23,26-27,32H,19-20H2,1-5H3/t23?,26-,27?,32?/m1/s1. The van der Waals surface area contributed by atoms with Gasteiger partial charge in [0.05, 0.1) is 5.69 Å². The molecule has 42 heavy (non-hydrogen) atoms. The van der Waals surface area contributed by atoms with Crippen LogP contribution in [0.5, 0.6) is 0 Å². The van der Waals surface area contributed by atoms with Crippen molar-refractivity contribution in [1.82, 2.24) is 14.8 Å². The lowest BCUT2D eigenvalue weighted by Gasteiger charge is -2.45. The van der Waals surface area contributed by atoms with Crippen LogP contribution in [0, 0.1) is 11.8 Å². The van der Waals surface area contributed by atoms with Crippen LogP contribution in [0.1, 0.15) is 70.8 Å². The van der Waals surface area contributed by atoms with Crippen molar-refractivity contribution in [1.29, 1.82) is 0 Å². The molecule has 3 unspecified atom stereocenters. The predicted octanol–water partition coefficient (Wildman–Crippen LogP) is 7.61. The number of aromatic nitrogens is 3. The number of alkyl halides is 3. The summed E-state index contributed by atoms with van der Waals surface area (Å²) in [5.41, 5.74) is 0.949. The molecule has 4 atom stereocenters. The van der Waals surface area contributed by atoms with E-state index in [9.17, 15) is 13.2 Å². The third-order valence-corrected chi connectivity index (χ3v) is 14.2. The molecule has 2 aromatic carbocycles. The maximum atomic E-state index is 13.3. The van der Waals surface area contributed by atoms with Crippen LogP contribution in [0.3, 0.4) is 0 Å². The first-order valence-corrected chi connectivity index (χ1v) is 16.7. The Balaban J connectivity index is 1.27. The lowest BCUT2D eigenvalue weighted by Crippen LogP contribution is -2.67. The van der Waals surface area contributed by atoms with Crippen molar-refractivity contribution in [2.75, 3.05) is 0 Å². The Morgan fingerprint density at radius 2 is 1.38 bits per heavy atom. The number of halogens is 3. The topological polar surface area (TPSA) is 39.9 Å². The average molecular weight is 590 g/mol. The van der Waals surface area contributed by atoms with Crippen LogP contribution in [0.15, 0.2) is 84.9 Å². The molecule has 8 heteroatoms. The predicted molar refractivity (Wildman–Crippen MR) is 162 cm³/mol. The summed E-state index contributed by atoms with van der Waals surface area (Å²) in [5.74, 6) is 1.29. The molecule has 0 spiro atoms. The van der Waals surface area contributed by atoms with Crippen LogP contribution in [-0.4, -0.2) is 29.2 Å². The number of pyridine rings is 1. The molecule has 2 heterocycles. The van der Waals surface area contributed by atoms with E-state index in [1.165, 1.54) is 16.4 Å². The Hall–Kier alpha value is -3.23. The molecular formula is C34H38F3N3OSi. The van der Waals surface area contributed by atoms with Gasteiger partial charge in [0.2, 0.25) is 0 Å². The monoisotopic (exact) mass is 589 g/mol. The van der Waals surface area contributed by atoms with Gasteiger partial charge < -0.3 is 4.43 Å². The SMILES string of the molecule is CC(C)n1nc(-c2cccc(C(F)(F)F)n2)cc1C1C2CC(O[Si](c3ccccc3)(c3ccccc3)C(C)(C)C)C[C@H]21. The highest BCUT2D eigenvalue weighted by Crippen LogP contribution is 2.64. The molecule has 6 rings (SSSR count). The molecule has 2 aromatic heterocycles. The number of benzene rings is 2. The van der Waals surface area contributed by atoms with Crippen LogP contribution >= 0.6 is 0 Å². The largest absolute Gasteiger partial charge is 0.433 e. The second-order valence-corrected chi connectivity index (χ2v) is 17.4. The normalized spacial score (nSPS) is 22.4. The van der Waals surface area contributed by atoms with Gasteiger partial charge in [0.25, 0.3) is 8.32 Å². The summed E-state index contributed by atoms with van der Waals surface area (Å²) < 4.78 is 49.4. The molecule has 2 fully saturated rings. The van der Waals surface area contributed by atoms with Gasteiger partial charge in [-0.2, -0.15) is 18.3 Å². The van der Waals surface area contributed by atoms with Crippen molar-refractivity contribution in [3.8, 4) is 11.4 Å². The molecule has 4 nitrogen and oxygen atoms in total. The molecule has 2 saturated carbocycles. The fourth-order valence-corrected chi connectivity index (χ4v) is 11.9. The van der Waals surface area contributed by atoms with Gasteiger partial charge in [-0.25, -0.2) is 4.98 Å². The zero-order valence-electron chi connectivity index (χ0n) is 24.8. The summed E-state index contributed by atoms with van der Waals surface area (Å²) in [7, 11) is -2.63. The summed E-state index contributed by atoms with van der Waals surface area (Å²) in [6, 6.07) is 27.5. The second kappa shape index (κ2) is 10.5. The Morgan fingerprint density at radius 1 is 0.810 bits per heavy atom. The third kappa shape index (κ3) is 5.02. The highest BCUT2D eigenvalue weighted by Gasteiger charge is 2.61. The van der Waals surface area contributed by atoms with Crippen molar-refractivity contribution in [2.24, 2.45) is 11.8 Å². The van der Waals surface area contributed by atoms with Crippen LogP contribution in [0.2, 0.25) is 5.04 Å². The molecule has 0 radical (unpaired) electrons. The van der Waals surface area contributed by atoms with Crippen molar-refractivity contribution in [2.45, 2.75) is 76.7 Å². The number of hydrogen-bond acceptors (Lipinski definition) is 3. The minimum atomic E-state index is -4.49. The Bertz CT molecular complexity index is 1490.